The van der Waals surface area contributed by atoms with Gasteiger partial charge in [-0.15, -0.1) is 10.2 Å². The fourth-order valence-corrected chi connectivity index (χ4v) is 4.69. The molecule has 0 aliphatic carbocycles. The van der Waals surface area contributed by atoms with Crippen LogP contribution in [0.5, 0.6) is 0 Å². The molecule has 1 aromatic heterocycles. The van der Waals surface area contributed by atoms with Crippen LogP contribution < -0.4 is 4.90 Å². The number of rotatable bonds is 4. The third kappa shape index (κ3) is 3.21. The van der Waals surface area contributed by atoms with Crippen molar-refractivity contribution in [2.45, 2.75) is 22.9 Å². The SMILES string of the molecule is O=S(=O)(Cc1ccc(F)cc1)c1nnc(N2CCCC2)s1. The first-order valence-corrected chi connectivity index (χ1v) is 9.07. The third-order valence-electron chi connectivity index (χ3n) is 3.31. The van der Waals surface area contributed by atoms with Crippen LogP contribution >= 0.6 is 11.3 Å². The summed E-state index contributed by atoms with van der Waals surface area (Å²) < 4.78 is 37.5. The Labute approximate surface area is 126 Å². The van der Waals surface area contributed by atoms with Crippen LogP contribution in [-0.4, -0.2) is 31.7 Å². The highest BCUT2D eigenvalue weighted by Crippen LogP contribution is 2.28. The van der Waals surface area contributed by atoms with Gasteiger partial charge in [0.05, 0.1) is 5.75 Å². The van der Waals surface area contributed by atoms with Crippen molar-refractivity contribution < 1.29 is 12.8 Å². The minimum absolute atomic E-state index is 0.0220. The van der Waals surface area contributed by atoms with Crippen LogP contribution in [0.25, 0.3) is 0 Å². The van der Waals surface area contributed by atoms with Gasteiger partial charge in [0, 0.05) is 13.1 Å². The summed E-state index contributed by atoms with van der Waals surface area (Å²) in [6.45, 7) is 1.79. The maximum Gasteiger partial charge on any atom is 0.234 e. The van der Waals surface area contributed by atoms with Crippen molar-refractivity contribution in [3.63, 3.8) is 0 Å². The lowest BCUT2D eigenvalue weighted by atomic mass is 10.2. The molecule has 0 amide bonds. The summed E-state index contributed by atoms with van der Waals surface area (Å²) in [6.07, 6.45) is 2.19. The van der Waals surface area contributed by atoms with Gasteiger partial charge in [-0.2, -0.15) is 0 Å². The molecule has 0 unspecified atom stereocenters. The lowest BCUT2D eigenvalue weighted by Crippen LogP contribution is -2.17. The van der Waals surface area contributed by atoms with Crippen molar-refractivity contribution in [1.29, 1.82) is 0 Å². The monoisotopic (exact) mass is 327 g/mol. The molecule has 1 aliphatic rings. The lowest BCUT2D eigenvalue weighted by molar-refractivity contribution is 0.592. The second-order valence-electron chi connectivity index (χ2n) is 4.93. The average Bonchev–Trinajstić information content (AvgIpc) is 3.11. The number of anilines is 1. The molecule has 2 heterocycles. The fraction of sp³-hybridized carbons (Fsp3) is 0.385. The van der Waals surface area contributed by atoms with Crippen molar-refractivity contribution in [2.75, 3.05) is 18.0 Å². The minimum atomic E-state index is -3.54. The highest BCUT2D eigenvalue weighted by molar-refractivity contribution is 7.92. The van der Waals surface area contributed by atoms with Gasteiger partial charge in [0.15, 0.2) is 0 Å². The molecule has 3 rings (SSSR count). The van der Waals surface area contributed by atoms with E-state index in [0.29, 0.717) is 10.7 Å². The van der Waals surface area contributed by atoms with Crippen molar-refractivity contribution in [3.05, 3.63) is 35.6 Å². The van der Waals surface area contributed by atoms with Crippen LogP contribution in [0.15, 0.2) is 28.6 Å². The van der Waals surface area contributed by atoms with Gasteiger partial charge < -0.3 is 4.90 Å². The van der Waals surface area contributed by atoms with Crippen LogP contribution in [0.4, 0.5) is 9.52 Å². The zero-order chi connectivity index (χ0) is 14.9. The predicted molar refractivity (Wildman–Crippen MR) is 78.6 cm³/mol. The molecule has 0 bridgehead atoms. The molecule has 1 saturated heterocycles. The van der Waals surface area contributed by atoms with E-state index >= 15 is 0 Å². The van der Waals surface area contributed by atoms with E-state index in [1.165, 1.54) is 24.3 Å². The smallest absolute Gasteiger partial charge is 0.234 e. The Morgan fingerprint density at radius 2 is 1.81 bits per heavy atom. The molecule has 1 fully saturated rings. The first kappa shape index (κ1) is 14.4. The summed E-state index contributed by atoms with van der Waals surface area (Å²) in [4.78, 5) is 2.05. The van der Waals surface area contributed by atoms with E-state index in [-0.39, 0.29) is 15.9 Å². The summed E-state index contributed by atoms with van der Waals surface area (Å²) in [5.41, 5.74) is 0.536. The molecule has 0 N–H and O–H groups in total. The van der Waals surface area contributed by atoms with Crippen LogP contribution in [0.3, 0.4) is 0 Å². The molecule has 0 radical (unpaired) electrons. The predicted octanol–water partition coefficient (Wildman–Crippen LogP) is 2.25. The first-order chi connectivity index (χ1) is 10.0. The second-order valence-corrected chi connectivity index (χ2v) is 8.05. The summed E-state index contributed by atoms with van der Waals surface area (Å²) in [6, 6.07) is 5.44. The number of hydrogen-bond donors (Lipinski definition) is 0. The molecule has 0 atom stereocenters. The number of sulfone groups is 1. The number of aromatic nitrogens is 2. The fourth-order valence-electron chi connectivity index (χ4n) is 2.23. The maximum atomic E-state index is 12.8. The first-order valence-electron chi connectivity index (χ1n) is 6.60. The summed E-state index contributed by atoms with van der Waals surface area (Å²) in [7, 11) is -3.54. The van der Waals surface area contributed by atoms with E-state index < -0.39 is 9.84 Å². The topological polar surface area (TPSA) is 63.2 Å². The van der Waals surface area contributed by atoms with E-state index in [1.54, 1.807) is 0 Å². The quantitative estimate of drug-likeness (QED) is 0.862. The number of hydrogen-bond acceptors (Lipinski definition) is 6. The van der Waals surface area contributed by atoms with Gasteiger partial charge in [-0.1, -0.05) is 23.5 Å². The Kier molecular flexibility index (Phi) is 3.90. The molecule has 8 heteroatoms. The van der Waals surface area contributed by atoms with Gasteiger partial charge in [0.2, 0.25) is 19.3 Å². The highest BCUT2D eigenvalue weighted by atomic mass is 32.2. The number of halogens is 1. The zero-order valence-electron chi connectivity index (χ0n) is 11.2. The van der Waals surface area contributed by atoms with Gasteiger partial charge in [0.1, 0.15) is 5.82 Å². The van der Waals surface area contributed by atoms with E-state index in [4.69, 9.17) is 0 Å². The molecule has 1 aliphatic heterocycles. The van der Waals surface area contributed by atoms with Crippen LogP contribution in [0.1, 0.15) is 18.4 Å². The van der Waals surface area contributed by atoms with Crippen LogP contribution in [0, 0.1) is 5.82 Å². The molecule has 2 aromatic rings. The Hall–Kier alpha value is -1.54. The molecule has 21 heavy (non-hydrogen) atoms. The van der Waals surface area contributed by atoms with Crippen molar-refractivity contribution in [1.82, 2.24) is 10.2 Å². The van der Waals surface area contributed by atoms with Crippen molar-refractivity contribution >= 4 is 26.3 Å². The van der Waals surface area contributed by atoms with Gasteiger partial charge in [-0.05, 0) is 30.5 Å². The molecule has 112 valence electrons. The standard InChI is InChI=1S/C13H14FN3O2S2/c14-11-5-3-10(4-6-11)9-21(18,19)13-16-15-12(20-13)17-7-1-2-8-17/h3-6H,1-2,7-9H2. The van der Waals surface area contributed by atoms with Gasteiger partial charge >= 0.3 is 0 Å². The normalized spacial score (nSPS) is 15.6. The van der Waals surface area contributed by atoms with Gasteiger partial charge in [-0.25, -0.2) is 12.8 Å². The van der Waals surface area contributed by atoms with Crippen LogP contribution in [-0.2, 0) is 15.6 Å². The van der Waals surface area contributed by atoms with Crippen molar-refractivity contribution in [3.8, 4) is 0 Å². The minimum Gasteiger partial charge on any atom is -0.347 e. The summed E-state index contributed by atoms with van der Waals surface area (Å²) in [5, 5.41) is 8.44. The Morgan fingerprint density at radius 1 is 1.14 bits per heavy atom. The number of nitrogens with zero attached hydrogens (tertiary/aromatic N) is 3. The van der Waals surface area contributed by atoms with E-state index in [2.05, 4.69) is 15.1 Å². The summed E-state index contributed by atoms with van der Waals surface area (Å²) in [5.74, 6) is -0.578. The largest absolute Gasteiger partial charge is 0.347 e. The maximum absolute atomic E-state index is 12.8. The van der Waals surface area contributed by atoms with E-state index in [0.717, 1.165) is 37.3 Å². The zero-order valence-corrected chi connectivity index (χ0v) is 12.8. The Morgan fingerprint density at radius 3 is 2.48 bits per heavy atom. The molecule has 5 nitrogen and oxygen atoms in total. The van der Waals surface area contributed by atoms with Gasteiger partial charge in [-0.3, -0.25) is 0 Å². The van der Waals surface area contributed by atoms with E-state index in [1.807, 2.05) is 0 Å². The second kappa shape index (κ2) is 5.69. The highest BCUT2D eigenvalue weighted by Gasteiger charge is 2.24. The van der Waals surface area contributed by atoms with Crippen LogP contribution in [0.2, 0.25) is 0 Å². The lowest BCUT2D eigenvalue weighted by Gasteiger charge is -2.10. The molecular formula is C13H14FN3O2S2. The Bertz CT molecular complexity index is 722. The van der Waals surface area contributed by atoms with Gasteiger partial charge in [0.25, 0.3) is 0 Å². The third-order valence-corrected chi connectivity index (χ3v) is 6.43. The number of benzene rings is 1. The summed E-state index contributed by atoms with van der Waals surface area (Å²) >= 11 is 1.10. The molecular weight excluding hydrogens is 313 g/mol. The Balaban J connectivity index is 1.79. The molecule has 0 spiro atoms. The van der Waals surface area contributed by atoms with Crippen molar-refractivity contribution in [2.24, 2.45) is 0 Å². The van der Waals surface area contributed by atoms with E-state index in [9.17, 15) is 12.8 Å². The average molecular weight is 327 g/mol. The molecule has 1 aromatic carbocycles. The molecule has 0 saturated carbocycles.